The first kappa shape index (κ1) is 12.9. The van der Waals surface area contributed by atoms with E-state index in [1.54, 1.807) is 0 Å². The van der Waals surface area contributed by atoms with Crippen molar-refractivity contribution in [2.24, 2.45) is 5.41 Å². The molecule has 0 atom stereocenters. The second-order valence-electron chi connectivity index (χ2n) is 6.07. The molecule has 0 aliphatic carbocycles. The van der Waals surface area contributed by atoms with Crippen LogP contribution in [0.1, 0.15) is 27.7 Å². The fourth-order valence-corrected chi connectivity index (χ4v) is 2.42. The van der Waals surface area contributed by atoms with E-state index in [0.29, 0.717) is 5.41 Å². The van der Waals surface area contributed by atoms with Crippen molar-refractivity contribution >= 4 is 16.5 Å². The van der Waals surface area contributed by atoms with Crippen LogP contribution >= 0.6 is 0 Å². The van der Waals surface area contributed by atoms with Crippen LogP contribution in [0.2, 0.25) is 0 Å². The minimum absolute atomic E-state index is 0.312. The second kappa shape index (κ2) is 5.01. The lowest BCUT2D eigenvalue weighted by Gasteiger charge is -2.31. The maximum atomic E-state index is 2.47. The third-order valence-corrected chi connectivity index (χ3v) is 3.15. The molecule has 0 saturated carbocycles. The van der Waals surface area contributed by atoms with E-state index in [1.807, 2.05) is 0 Å². The van der Waals surface area contributed by atoms with Crippen LogP contribution in [0.5, 0.6) is 0 Å². The highest BCUT2D eigenvalue weighted by Gasteiger charge is 2.16. The zero-order valence-electron chi connectivity index (χ0n) is 11.9. The summed E-state index contributed by atoms with van der Waals surface area (Å²) in [5.74, 6) is 0. The summed E-state index contributed by atoms with van der Waals surface area (Å²) in [6.45, 7) is 11.2. The lowest BCUT2D eigenvalue weighted by Crippen LogP contribution is -2.32. The number of rotatable bonds is 3. The van der Waals surface area contributed by atoms with Crippen LogP contribution in [0.25, 0.3) is 10.8 Å². The number of hydrogen-bond donors (Lipinski definition) is 0. The van der Waals surface area contributed by atoms with Gasteiger partial charge >= 0.3 is 0 Å². The van der Waals surface area contributed by atoms with Crippen molar-refractivity contribution in [3.63, 3.8) is 0 Å². The minimum atomic E-state index is 0.312. The third-order valence-electron chi connectivity index (χ3n) is 3.15. The van der Waals surface area contributed by atoms with Crippen molar-refractivity contribution in [3.05, 3.63) is 42.5 Å². The molecular weight excluding hydrogens is 218 g/mol. The molecule has 2 aromatic rings. The van der Waals surface area contributed by atoms with Crippen molar-refractivity contribution in [3.8, 4) is 0 Å². The Morgan fingerprint density at radius 3 is 2.28 bits per heavy atom. The van der Waals surface area contributed by atoms with Gasteiger partial charge in [-0.1, -0.05) is 57.2 Å². The van der Waals surface area contributed by atoms with Gasteiger partial charge in [0.15, 0.2) is 0 Å². The normalized spacial score (nSPS) is 11.8. The van der Waals surface area contributed by atoms with Crippen molar-refractivity contribution in [1.82, 2.24) is 0 Å². The Bertz CT molecular complexity index is 517. The summed E-state index contributed by atoms with van der Waals surface area (Å²) in [4.78, 5) is 2.47. The summed E-state index contributed by atoms with van der Waals surface area (Å²) in [6, 6.07) is 15.2. The average molecular weight is 241 g/mol. The molecule has 1 heteroatoms. The van der Waals surface area contributed by atoms with E-state index in [2.05, 4.69) is 75.1 Å². The molecule has 0 fully saturated rings. The molecule has 0 aliphatic rings. The van der Waals surface area contributed by atoms with Crippen LogP contribution in [-0.4, -0.2) is 13.1 Å². The molecule has 0 amide bonds. The van der Waals surface area contributed by atoms with Gasteiger partial charge < -0.3 is 4.90 Å². The highest BCUT2D eigenvalue weighted by molar-refractivity contribution is 5.94. The lowest BCUT2D eigenvalue weighted by molar-refractivity contribution is 0.412. The van der Waals surface area contributed by atoms with Crippen LogP contribution in [0, 0.1) is 5.41 Å². The van der Waals surface area contributed by atoms with E-state index in [-0.39, 0.29) is 0 Å². The molecular formula is C17H23N. The van der Waals surface area contributed by atoms with Gasteiger partial charge in [-0.3, -0.25) is 0 Å². The first-order valence-corrected chi connectivity index (χ1v) is 6.74. The van der Waals surface area contributed by atoms with Crippen LogP contribution in [-0.2, 0) is 0 Å². The van der Waals surface area contributed by atoms with E-state index in [1.165, 1.54) is 16.5 Å². The molecule has 18 heavy (non-hydrogen) atoms. The first-order valence-electron chi connectivity index (χ1n) is 6.74. The Labute approximate surface area is 110 Å². The molecule has 0 unspecified atom stereocenters. The summed E-state index contributed by atoms with van der Waals surface area (Å²) < 4.78 is 0. The topological polar surface area (TPSA) is 3.24 Å². The molecule has 0 heterocycles. The number of anilines is 1. The van der Waals surface area contributed by atoms with Gasteiger partial charge in [0, 0.05) is 24.2 Å². The first-order chi connectivity index (χ1) is 8.51. The number of hydrogen-bond acceptors (Lipinski definition) is 1. The molecule has 0 aliphatic heterocycles. The fraction of sp³-hybridized carbons (Fsp3) is 0.412. The summed E-state index contributed by atoms with van der Waals surface area (Å²) >= 11 is 0. The van der Waals surface area contributed by atoms with Crippen LogP contribution in [0.3, 0.4) is 0 Å². The molecule has 2 aromatic carbocycles. The smallest absolute Gasteiger partial charge is 0.0445 e. The predicted molar refractivity (Wildman–Crippen MR) is 81.3 cm³/mol. The standard InChI is InChI=1S/C17H23N/c1-5-18(13-17(2,3)4)16-12-8-10-14-9-6-7-11-15(14)16/h6-12H,5,13H2,1-4H3. The van der Waals surface area contributed by atoms with Gasteiger partial charge in [0.25, 0.3) is 0 Å². The van der Waals surface area contributed by atoms with Crippen LogP contribution in [0.15, 0.2) is 42.5 Å². The van der Waals surface area contributed by atoms with Gasteiger partial charge in [0.05, 0.1) is 0 Å². The maximum absolute atomic E-state index is 2.47. The third kappa shape index (κ3) is 2.84. The Morgan fingerprint density at radius 2 is 1.61 bits per heavy atom. The van der Waals surface area contributed by atoms with Gasteiger partial charge in [0.2, 0.25) is 0 Å². The number of fused-ring (bicyclic) bond motifs is 1. The van der Waals surface area contributed by atoms with Crippen molar-refractivity contribution in [1.29, 1.82) is 0 Å². The van der Waals surface area contributed by atoms with Gasteiger partial charge in [-0.2, -0.15) is 0 Å². The maximum Gasteiger partial charge on any atom is 0.0445 e. The Morgan fingerprint density at radius 1 is 0.944 bits per heavy atom. The highest BCUT2D eigenvalue weighted by atomic mass is 15.1. The van der Waals surface area contributed by atoms with E-state index in [0.717, 1.165) is 13.1 Å². The Hall–Kier alpha value is -1.50. The molecule has 2 rings (SSSR count). The molecule has 1 nitrogen and oxygen atoms in total. The average Bonchev–Trinajstić information content (AvgIpc) is 2.34. The van der Waals surface area contributed by atoms with E-state index >= 15 is 0 Å². The van der Waals surface area contributed by atoms with E-state index in [4.69, 9.17) is 0 Å². The van der Waals surface area contributed by atoms with Crippen molar-refractivity contribution in [2.75, 3.05) is 18.0 Å². The Balaban J connectivity index is 2.45. The Kier molecular flexibility index (Phi) is 3.60. The molecule has 0 radical (unpaired) electrons. The molecule has 96 valence electrons. The number of benzene rings is 2. The summed E-state index contributed by atoms with van der Waals surface area (Å²) in [6.07, 6.45) is 0. The summed E-state index contributed by atoms with van der Waals surface area (Å²) in [5, 5.41) is 2.67. The van der Waals surface area contributed by atoms with Crippen LogP contribution < -0.4 is 4.90 Å². The van der Waals surface area contributed by atoms with Gasteiger partial charge in [0.1, 0.15) is 0 Å². The predicted octanol–water partition coefficient (Wildman–Crippen LogP) is 4.71. The summed E-state index contributed by atoms with van der Waals surface area (Å²) in [5.41, 5.74) is 1.66. The van der Waals surface area contributed by atoms with E-state index in [9.17, 15) is 0 Å². The van der Waals surface area contributed by atoms with Crippen LogP contribution in [0.4, 0.5) is 5.69 Å². The van der Waals surface area contributed by atoms with E-state index < -0.39 is 0 Å². The monoisotopic (exact) mass is 241 g/mol. The van der Waals surface area contributed by atoms with Gasteiger partial charge in [-0.05, 0) is 23.8 Å². The zero-order valence-corrected chi connectivity index (χ0v) is 11.9. The largest absolute Gasteiger partial charge is 0.371 e. The summed E-state index contributed by atoms with van der Waals surface area (Å²) in [7, 11) is 0. The van der Waals surface area contributed by atoms with Gasteiger partial charge in [-0.15, -0.1) is 0 Å². The molecule has 0 bridgehead atoms. The molecule has 0 saturated heterocycles. The number of nitrogens with zero attached hydrogens (tertiary/aromatic N) is 1. The molecule has 0 N–H and O–H groups in total. The minimum Gasteiger partial charge on any atom is -0.371 e. The zero-order chi connectivity index (χ0) is 13.2. The fourth-order valence-electron chi connectivity index (χ4n) is 2.42. The quantitative estimate of drug-likeness (QED) is 0.752. The van der Waals surface area contributed by atoms with Crippen molar-refractivity contribution in [2.45, 2.75) is 27.7 Å². The van der Waals surface area contributed by atoms with Crippen molar-refractivity contribution < 1.29 is 0 Å². The SMILES string of the molecule is CCN(CC(C)(C)C)c1cccc2ccccc12. The molecule has 0 aromatic heterocycles. The lowest BCUT2D eigenvalue weighted by atomic mass is 9.95. The highest BCUT2D eigenvalue weighted by Crippen LogP contribution is 2.29. The van der Waals surface area contributed by atoms with Gasteiger partial charge in [-0.25, -0.2) is 0 Å². The second-order valence-corrected chi connectivity index (χ2v) is 6.07. The molecule has 0 spiro atoms.